The van der Waals surface area contributed by atoms with E-state index in [0.29, 0.717) is 5.69 Å². The highest BCUT2D eigenvalue weighted by atomic mass is 19.4. The molecule has 0 radical (unpaired) electrons. The summed E-state index contributed by atoms with van der Waals surface area (Å²) in [5, 5.41) is 0. The van der Waals surface area contributed by atoms with Crippen LogP contribution in [0.15, 0.2) is 61.0 Å². The van der Waals surface area contributed by atoms with E-state index in [1.807, 2.05) is 6.92 Å². The molecule has 11 heteroatoms. The minimum atomic E-state index is -4.80. The first-order chi connectivity index (χ1) is 16.4. The van der Waals surface area contributed by atoms with Crippen molar-refractivity contribution in [1.29, 1.82) is 0 Å². The molecule has 0 unspecified atom stereocenters. The number of ether oxygens (including phenoxy) is 2. The van der Waals surface area contributed by atoms with Crippen LogP contribution in [0.1, 0.15) is 24.5 Å². The molecule has 3 nitrogen and oxygen atoms in total. The Morgan fingerprint density at radius 1 is 0.886 bits per heavy atom. The van der Waals surface area contributed by atoms with Gasteiger partial charge in [0.05, 0.1) is 23.6 Å². The molecule has 0 bridgehead atoms. The number of hydrogen-bond donors (Lipinski definition) is 0. The molecule has 1 heterocycles. The summed E-state index contributed by atoms with van der Waals surface area (Å²) < 4.78 is 117. The Hall–Kier alpha value is -3.63. The van der Waals surface area contributed by atoms with Crippen LogP contribution >= 0.6 is 0 Å². The number of nitrogens with zero attached hydrogens (tertiary/aromatic N) is 1. The van der Waals surface area contributed by atoms with E-state index in [4.69, 9.17) is 0 Å². The molecule has 0 amide bonds. The van der Waals surface area contributed by atoms with Gasteiger partial charge in [-0.15, -0.1) is 0 Å². The van der Waals surface area contributed by atoms with E-state index in [2.05, 4.69) is 14.5 Å². The SMILES string of the molecule is CCCc1ccc(-c2ccc(C(F)(F)Oc3cc(F)c(O/C=C/C(F)(F)F)c(F)c3)c(F)c2)nc1. The summed E-state index contributed by atoms with van der Waals surface area (Å²) in [6.45, 7) is 1.99. The average Bonchev–Trinajstić information content (AvgIpc) is 2.75. The van der Waals surface area contributed by atoms with Crippen molar-refractivity contribution >= 4 is 0 Å². The Morgan fingerprint density at radius 3 is 2.11 bits per heavy atom. The van der Waals surface area contributed by atoms with Gasteiger partial charge in [-0.3, -0.25) is 4.98 Å². The van der Waals surface area contributed by atoms with Crippen molar-refractivity contribution in [3.8, 4) is 22.8 Å². The summed E-state index contributed by atoms with van der Waals surface area (Å²) >= 11 is 0. The number of allylic oxidation sites excluding steroid dienone is 1. The molecule has 0 atom stereocenters. The van der Waals surface area contributed by atoms with Crippen LogP contribution in [-0.4, -0.2) is 11.2 Å². The topological polar surface area (TPSA) is 31.4 Å². The zero-order valence-corrected chi connectivity index (χ0v) is 18.0. The normalized spacial score (nSPS) is 12.3. The van der Waals surface area contributed by atoms with Gasteiger partial charge in [-0.05, 0) is 30.2 Å². The lowest BCUT2D eigenvalue weighted by atomic mass is 10.1. The lowest BCUT2D eigenvalue weighted by Gasteiger charge is -2.19. The fourth-order valence-electron chi connectivity index (χ4n) is 3.03. The third kappa shape index (κ3) is 6.71. The zero-order chi connectivity index (χ0) is 25.8. The number of rotatable bonds is 8. The smallest absolute Gasteiger partial charge is 0.429 e. The molecule has 3 aromatic rings. The molecule has 0 spiro atoms. The van der Waals surface area contributed by atoms with Crippen molar-refractivity contribution in [2.75, 3.05) is 0 Å². The van der Waals surface area contributed by atoms with Crippen LogP contribution in [0.25, 0.3) is 11.3 Å². The molecular formula is C24H17F8NO2. The maximum absolute atomic E-state index is 14.6. The fourth-order valence-corrected chi connectivity index (χ4v) is 3.03. The lowest BCUT2D eigenvalue weighted by Crippen LogP contribution is -2.23. The highest BCUT2D eigenvalue weighted by molar-refractivity contribution is 5.60. The molecule has 0 aliphatic rings. The van der Waals surface area contributed by atoms with Gasteiger partial charge in [-0.25, -0.2) is 13.2 Å². The van der Waals surface area contributed by atoms with Crippen LogP contribution in [-0.2, 0) is 12.5 Å². The first-order valence-electron chi connectivity index (χ1n) is 10.1. The summed E-state index contributed by atoms with van der Waals surface area (Å²) in [6.07, 6.45) is -6.30. The van der Waals surface area contributed by atoms with Crippen molar-refractivity contribution in [2.45, 2.75) is 32.1 Å². The number of alkyl halides is 5. The Bertz CT molecular complexity index is 1180. The summed E-state index contributed by atoms with van der Waals surface area (Å²) in [7, 11) is 0. The maximum Gasteiger partial charge on any atom is 0.429 e. The fraction of sp³-hybridized carbons (Fsp3) is 0.208. The van der Waals surface area contributed by atoms with Gasteiger partial charge in [0, 0.05) is 23.9 Å². The van der Waals surface area contributed by atoms with Crippen LogP contribution in [0.5, 0.6) is 11.5 Å². The van der Waals surface area contributed by atoms with Gasteiger partial charge in [-0.2, -0.15) is 22.0 Å². The molecule has 35 heavy (non-hydrogen) atoms. The Labute approximate surface area is 194 Å². The predicted octanol–water partition coefficient (Wildman–Crippen LogP) is 7.70. The van der Waals surface area contributed by atoms with Gasteiger partial charge in [0.2, 0.25) is 0 Å². The van der Waals surface area contributed by atoms with Gasteiger partial charge in [-0.1, -0.05) is 25.5 Å². The van der Waals surface area contributed by atoms with E-state index in [0.717, 1.165) is 30.5 Å². The minimum absolute atomic E-state index is 0.0141. The van der Waals surface area contributed by atoms with Gasteiger partial charge in [0.15, 0.2) is 17.4 Å². The van der Waals surface area contributed by atoms with Crippen molar-refractivity contribution < 1.29 is 44.6 Å². The van der Waals surface area contributed by atoms with Gasteiger partial charge < -0.3 is 9.47 Å². The van der Waals surface area contributed by atoms with Gasteiger partial charge in [0.25, 0.3) is 0 Å². The number of aromatic nitrogens is 1. The summed E-state index contributed by atoms with van der Waals surface area (Å²) in [5.74, 6) is -6.90. The number of aryl methyl sites for hydroxylation is 1. The van der Waals surface area contributed by atoms with Gasteiger partial charge in [0.1, 0.15) is 11.6 Å². The summed E-state index contributed by atoms with van der Waals surface area (Å²) in [6, 6.07) is 6.68. The monoisotopic (exact) mass is 503 g/mol. The number of benzene rings is 2. The van der Waals surface area contributed by atoms with Crippen molar-refractivity contribution in [3.63, 3.8) is 0 Å². The largest absolute Gasteiger partial charge is 0.459 e. The predicted molar refractivity (Wildman–Crippen MR) is 110 cm³/mol. The van der Waals surface area contributed by atoms with Crippen LogP contribution in [0.2, 0.25) is 0 Å². The Morgan fingerprint density at radius 2 is 1.57 bits per heavy atom. The first-order valence-corrected chi connectivity index (χ1v) is 10.1. The van der Waals surface area contributed by atoms with E-state index >= 15 is 0 Å². The third-order valence-electron chi connectivity index (χ3n) is 4.60. The van der Waals surface area contributed by atoms with Gasteiger partial charge >= 0.3 is 12.3 Å². The first kappa shape index (κ1) is 26.0. The number of hydrogen-bond acceptors (Lipinski definition) is 3. The molecule has 0 fully saturated rings. The van der Waals surface area contributed by atoms with Crippen LogP contribution in [0.4, 0.5) is 35.1 Å². The molecule has 1 aromatic heterocycles. The second kappa shape index (κ2) is 10.3. The summed E-state index contributed by atoms with van der Waals surface area (Å²) in [5.41, 5.74) is 0.313. The van der Waals surface area contributed by atoms with E-state index in [9.17, 15) is 35.1 Å². The molecule has 2 aromatic carbocycles. The van der Waals surface area contributed by atoms with Crippen LogP contribution in [0.3, 0.4) is 0 Å². The standard InChI is InChI=1S/C24H17F8NO2/c1-2-3-14-4-7-21(33-13-14)15-5-6-17(18(25)10-15)24(31,32)35-16-11-19(26)22(20(27)12-16)34-9-8-23(28,29)30/h4-13H,2-3H2,1H3/b9-8+. The average molecular weight is 503 g/mol. The second-order valence-corrected chi connectivity index (χ2v) is 7.29. The van der Waals surface area contributed by atoms with E-state index in [1.165, 1.54) is 6.07 Å². The number of pyridine rings is 1. The lowest BCUT2D eigenvalue weighted by molar-refractivity contribution is -0.187. The molecule has 3 rings (SSSR count). The molecule has 0 aliphatic carbocycles. The highest BCUT2D eigenvalue weighted by Crippen LogP contribution is 2.37. The second-order valence-electron chi connectivity index (χ2n) is 7.29. The zero-order valence-electron chi connectivity index (χ0n) is 18.0. The summed E-state index contributed by atoms with van der Waals surface area (Å²) in [4.78, 5) is 4.18. The Balaban J connectivity index is 1.80. The highest BCUT2D eigenvalue weighted by Gasteiger charge is 2.38. The van der Waals surface area contributed by atoms with E-state index < -0.39 is 52.9 Å². The van der Waals surface area contributed by atoms with Crippen LogP contribution < -0.4 is 9.47 Å². The van der Waals surface area contributed by atoms with Crippen molar-refractivity contribution in [3.05, 3.63) is 89.6 Å². The quantitative estimate of drug-likeness (QED) is 0.233. The molecule has 0 saturated carbocycles. The molecule has 0 N–H and O–H groups in total. The van der Waals surface area contributed by atoms with Crippen molar-refractivity contribution in [1.82, 2.24) is 4.98 Å². The molecule has 186 valence electrons. The Kier molecular flexibility index (Phi) is 7.67. The third-order valence-corrected chi connectivity index (χ3v) is 4.60. The maximum atomic E-state index is 14.6. The van der Waals surface area contributed by atoms with E-state index in [1.54, 1.807) is 18.3 Å². The minimum Gasteiger partial charge on any atom is -0.459 e. The number of halogens is 8. The molecule has 0 saturated heterocycles. The van der Waals surface area contributed by atoms with Crippen LogP contribution in [0, 0.1) is 17.5 Å². The molecule has 0 aliphatic heterocycles. The van der Waals surface area contributed by atoms with Crippen molar-refractivity contribution in [2.24, 2.45) is 0 Å². The van der Waals surface area contributed by atoms with E-state index in [-0.39, 0.29) is 24.0 Å². The molecular weight excluding hydrogens is 486 g/mol.